The van der Waals surface area contributed by atoms with Crippen molar-refractivity contribution in [3.8, 4) is 0 Å². The number of hydrogen-bond acceptors (Lipinski definition) is 3. The van der Waals surface area contributed by atoms with E-state index in [2.05, 4.69) is 58.2 Å². The third-order valence-electron chi connectivity index (χ3n) is 3.20. The highest BCUT2D eigenvalue weighted by Crippen LogP contribution is 2.19. The Hall–Kier alpha value is -0.420. The van der Waals surface area contributed by atoms with Crippen LogP contribution in [0.5, 0.6) is 0 Å². The maximum absolute atomic E-state index is 5.75. The van der Waals surface area contributed by atoms with Gasteiger partial charge in [-0.2, -0.15) is 0 Å². The fourth-order valence-corrected chi connectivity index (χ4v) is 2.48. The van der Waals surface area contributed by atoms with E-state index in [0.29, 0.717) is 6.61 Å². The summed E-state index contributed by atoms with van der Waals surface area (Å²) < 4.78 is 6.88. The van der Waals surface area contributed by atoms with E-state index in [-0.39, 0.29) is 0 Å². The smallest absolute Gasteiger partial charge is 0.0728 e. The van der Waals surface area contributed by atoms with Gasteiger partial charge in [0.25, 0.3) is 0 Å². The van der Waals surface area contributed by atoms with Gasteiger partial charge in [-0.15, -0.1) is 0 Å². The van der Waals surface area contributed by atoms with Crippen molar-refractivity contribution < 1.29 is 4.74 Å². The summed E-state index contributed by atoms with van der Waals surface area (Å²) in [6, 6.07) is 6.43. The molecule has 0 atom stereocenters. The van der Waals surface area contributed by atoms with E-state index < -0.39 is 0 Å². The van der Waals surface area contributed by atoms with Crippen LogP contribution in [0.4, 0.5) is 0 Å². The number of nitrogens with one attached hydrogen (secondary N) is 1. The van der Waals surface area contributed by atoms with E-state index >= 15 is 0 Å². The molecule has 1 N–H and O–H groups in total. The van der Waals surface area contributed by atoms with Crippen molar-refractivity contribution in [2.45, 2.75) is 27.0 Å². The van der Waals surface area contributed by atoms with Crippen molar-refractivity contribution in [2.24, 2.45) is 0 Å². The molecule has 0 heterocycles. The van der Waals surface area contributed by atoms with E-state index in [9.17, 15) is 0 Å². The van der Waals surface area contributed by atoms with Gasteiger partial charge < -0.3 is 15.0 Å². The maximum atomic E-state index is 5.75. The summed E-state index contributed by atoms with van der Waals surface area (Å²) in [5, 5.41) is 3.15. The van der Waals surface area contributed by atoms with Gasteiger partial charge >= 0.3 is 0 Å². The van der Waals surface area contributed by atoms with Crippen molar-refractivity contribution >= 4 is 15.9 Å². The lowest BCUT2D eigenvalue weighted by atomic mass is 10.1. The molecule has 0 aliphatic carbocycles. The Bertz CT molecular complexity index is 367. The van der Waals surface area contributed by atoms with Crippen molar-refractivity contribution in [2.75, 3.05) is 33.3 Å². The van der Waals surface area contributed by atoms with Gasteiger partial charge in [-0.1, -0.05) is 41.9 Å². The van der Waals surface area contributed by atoms with Crippen molar-refractivity contribution in [1.29, 1.82) is 0 Å². The second kappa shape index (κ2) is 9.48. The molecule has 0 unspecified atom stereocenters. The van der Waals surface area contributed by atoms with Crippen molar-refractivity contribution in [3.63, 3.8) is 0 Å². The van der Waals surface area contributed by atoms with Gasteiger partial charge in [0.15, 0.2) is 0 Å². The molecule has 0 saturated heterocycles. The fraction of sp³-hybridized carbons (Fsp3) is 0.600. The molecule has 0 amide bonds. The number of halogens is 1. The van der Waals surface area contributed by atoms with Crippen LogP contribution in [-0.4, -0.2) is 38.2 Å². The van der Waals surface area contributed by atoms with Crippen LogP contribution in [0.3, 0.4) is 0 Å². The monoisotopic (exact) mass is 328 g/mol. The lowest BCUT2D eigenvalue weighted by molar-refractivity contribution is 0.0953. The molecule has 0 bridgehead atoms. The zero-order chi connectivity index (χ0) is 14.1. The van der Waals surface area contributed by atoms with Gasteiger partial charge in [0.1, 0.15) is 0 Å². The van der Waals surface area contributed by atoms with Crippen LogP contribution >= 0.6 is 15.9 Å². The minimum atomic E-state index is 0.668. The number of rotatable bonds is 9. The average Bonchev–Trinajstić information content (AvgIpc) is 2.41. The molecule has 19 heavy (non-hydrogen) atoms. The predicted octanol–water partition coefficient (Wildman–Crippen LogP) is 3.03. The predicted molar refractivity (Wildman–Crippen MR) is 84.3 cm³/mol. The second-order valence-corrected chi connectivity index (χ2v) is 5.39. The summed E-state index contributed by atoms with van der Waals surface area (Å²) >= 11 is 3.61. The Morgan fingerprint density at radius 2 is 2.00 bits per heavy atom. The highest BCUT2D eigenvalue weighted by molar-refractivity contribution is 9.10. The van der Waals surface area contributed by atoms with E-state index in [4.69, 9.17) is 4.74 Å². The third kappa shape index (κ3) is 6.04. The van der Waals surface area contributed by atoms with Crippen LogP contribution in [-0.2, 0) is 17.9 Å². The molecule has 0 fully saturated rings. The van der Waals surface area contributed by atoms with Crippen LogP contribution in [0, 0.1) is 0 Å². The Kier molecular flexibility index (Phi) is 8.30. The van der Waals surface area contributed by atoms with E-state index in [1.54, 1.807) is 0 Å². The summed E-state index contributed by atoms with van der Waals surface area (Å²) in [5.74, 6) is 0. The molecular formula is C15H25BrN2O. The summed E-state index contributed by atoms with van der Waals surface area (Å²) in [5.41, 5.74) is 2.49. The molecular weight excluding hydrogens is 304 g/mol. The number of benzene rings is 1. The molecule has 0 aliphatic rings. The van der Waals surface area contributed by atoms with Gasteiger partial charge in [-0.05, 0) is 37.3 Å². The van der Waals surface area contributed by atoms with Gasteiger partial charge in [-0.25, -0.2) is 0 Å². The van der Waals surface area contributed by atoms with Gasteiger partial charge in [0.2, 0.25) is 0 Å². The Morgan fingerprint density at radius 1 is 1.26 bits per heavy atom. The quantitative estimate of drug-likeness (QED) is 0.705. The first-order chi connectivity index (χ1) is 9.21. The fourth-order valence-electron chi connectivity index (χ4n) is 1.94. The first kappa shape index (κ1) is 16.6. The number of likely N-dealkylation sites (N-methyl/N-ethyl adjacent to an activating group) is 1. The molecule has 108 valence electrons. The molecule has 1 rings (SSSR count). The summed E-state index contributed by atoms with van der Waals surface area (Å²) in [4.78, 5) is 2.37. The maximum Gasteiger partial charge on any atom is 0.0728 e. The van der Waals surface area contributed by atoms with Crippen LogP contribution in [0.25, 0.3) is 0 Å². The van der Waals surface area contributed by atoms with E-state index in [0.717, 1.165) is 37.3 Å². The number of nitrogens with zero attached hydrogens (tertiary/aromatic N) is 1. The summed E-state index contributed by atoms with van der Waals surface area (Å²) in [6.07, 6.45) is 0. The molecule has 0 aliphatic heterocycles. The first-order valence-electron chi connectivity index (χ1n) is 6.93. The Balaban J connectivity index is 2.37. The van der Waals surface area contributed by atoms with Gasteiger partial charge in [0, 0.05) is 17.6 Å². The molecule has 0 aromatic heterocycles. The zero-order valence-corrected chi connectivity index (χ0v) is 13.8. The molecule has 0 spiro atoms. The first-order valence-corrected chi connectivity index (χ1v) is 7.72. The number of ether oxygens (including phenoxy) is 1. The lowest BCUT2D eigenvalue weighted by Crippen LogP contribution is -2.27. The molecule has 4 heteroatoms. The third-order valence-corrected chi connectivity index (χ3v) is 3.94. The second-order valence-electron chi connectivity index (χ2n) is 4.54. The highest BCUT2D eigenvalue weighted by atomic mass is 79.9. The topological polar surface area (TPSA) is 24.5 Å². The van der Waals surface area contributed by atoms with Gasteiger partial charge in [-0.3, -0.25) is 0 Å². The summed E-state index contributed by atoms with van der Waals surface area (Å²) in [7, 11) is 1.96. The standard InChI is InChI=1S/C15H25BrN2O/c1-4-18(5-2)8-9-19-12-14-7-6-13(11-17-3)10-15(14)16/h6-7,10,17H,4-5,8-9,11-12H2,1-3H3. The largest absolute Gasteiger partial charge is 0.375 e. The highest BCUT2D eigenvalue weighted by Gasteiger charge is 2.03. The minimum absolute atomic E-state index is 0.668. The van der Waals surface area contributed by atoms with Crippen molar-refractivity contribution in [1.82, 2.24) is 10.2 Å². The lowest BCUT2D eigenvalue weighted by Gasteiger charge is -2.17. The Morgan fingerprint density at radius 3 is 2.58 bits per heavy atom. The van der Waals surface area contributed by atoms with E-state index in [1.807, 2.05) is 7.05 Å². The van der Waals surface area contributed by atoms with Crippen LogP contribution in [0.2, 0.25) is 0 Å². The van der Waals surface area contributed by atoms with Crippen LogP contribution in [0.15, 0.2) is 22.7 Å². The minimum Gasteiger partial charge on any atom is -0.375 e. The molecule has 3 nitrogen and oxygen atoms in total. The van der Waals surface area contributed by atoms with E-state index in [1.165, 1.54) is 11.1 Å². The van der Waals surface area contributed by atoms with Gasteiger partial charge in [0.05, 0.1) is 13.2 Å². The zero-order valence-electron chi connectivity index (χ0n) is 12.2. The molecule has 1 aromatic carbocycles. The number of hydrogen-bond donors (Lipinski definition) is 1. The SMILES string of the molecule is CCN(CC)CCOCc1ccc(CNC)cc1Br. The van der Waals surface area contributed by atoms with Crippen molar-refractivity contribution in [3.05, 3.63) is 33.8 Å². The average molecular weight is 329 g/mol. The Labute approximate surface area is 125 Å². The van der Waals surface area contributed by atoms with Crippen LogP contribution < -0.4 is 5.32 Å². The summed E-state index contributed by atoms with van der Waals surface area (Å²) in [6.45, 7) is 9.88. The van der Waals surface area contributed by atoms with Crippen LogP contribution in [0.1, 0.15) is 25.0 Å². The normalized spacial score (nSPS) is 11.2. The molecule has 1 aromatic rings. The molecule has 0 radical (unpaired) electrons. The molecule has 0 saturated carbocycles.